The lowest BCUT2D eigenvalue weighted by Gasteiger charge is -2.37. The third kappa shape index (κ3) is 4.87. The van der Waals surface area contributed by atoms with Gasteiger partial charge in [-0.25, -0.2) is 0 Å². The Hall–Kier alpha value is -3.97. The second kappa shape index (κ2) is 9.48. The highest BCUT2D eigenvalue weighted by Gasteiger charge is 2.42. The van der Waals surface area contributed by atoms with Crippen molar-refractivity contribution in [1.29, 1.82) is 0 Å². The first-order valence-electron chi connectivity index (χ1n) is 12.1. The number of allylic oxidation sites excluding steroid dienone is 1. The molecule has 188 valence electrons. The Labute approximate surface area is 219 Å². The SMILES string of the molecule is CC1(C)CC2=C(C1)C(c1cccc([N+](=O)[O-])c1)N(C(=O)Cc1ccc(Cl)cc1)c1ccccc1C(=O)N2. The minimum absolute atomic E-state index is 0.0543. The number of benzene rings is 3. The molecule has 3 aromatic rings. The van der Waals surface area contributed by atoms with Gasteiger partial charge in [0.1, 0.15) is 0 Å². The van der Waals surface area contributed by atoms with Crippen LogP contribution in [-0.2, 0) is 11.2 Å². The minimum atomic E-state index is -0.627. The molecule has 1 atom stereocenters. The Kier molecular flexibility index (Phi) is 6.33. The normalized spacial score (nSPS) is 18.4. The molecule has 1 N–H and O–H groups in total. The van der Waals surface area contributed by atoms with Crippen LogP contribution in [0.4, 0.5) is 11.4 Å². The Morgan fingerprint density at radius 2 is 1.81 bits per heavy atom. The quantitative estimate of drug-likeness (QED) is 0.322. The van der Waals surface area contributed by atoms with Gasteiger partial charge in [0.25, 0.3) is 11.6 Å². The zero-order valence-electron chi connectivity index (χ0n) is 20.5. The highest BCUT2D eigenvalue weighted by atomic mass is 35.5. The summed E-state index contributed by atoms with van der Waals surface area (Å²) in [4.78, 5) is 40.4. The fourth-order valence-corrected chi connectivity index (χ4v) is 5.46. The highest BCUT2D eigenvalue weighted by molar-refractivity contribution is 6.30. The van der Waals surface area contributed by atoms with Gasteiger partial charge in [0.2, 0.25) is 5.91 Å². The molecule has 7 nitrogen and oxygen atoms in total. The molecule has 5 rings (SSSR count). The van der Waals surface area contributed by atoms with Crippen molar-refractivity contribution in [2.75, 3.05) is 4.90 Å². The van der Waals surface area contributed by atoms with E-state index in [9.17, 15) is 19.7 Å². The summed E-state index contributed by atoms with van der Waals surface area (Å²) in [6.45, 7) is 4.23. The summed E-state index contributed by atoms with van der Waals surface area (Å²) >= 11 is 6.05. The van der Waals surface area contributed by atoms with Gasteiger partial charge >= 0.3 is 0 Å². The Morgan fingerprint density at radius 1 is 1.08 bits per heavy atom. The number of nitrogens with zero attached hydrogens (tertiary/aromatic N) is 2. The van der Waals surface area contributed by atoms with Crippen LogP contribution in [0.15, 0.2) is 84.1 Å². The molecule has 1 unspecified atom stereocenters. The topological polar surface area (TPSA) is 92.6 Å². The molecule has 2 aliphatic rings. The van der Waals surface area contributed by atoms with E-state index >= 15 is 0 Å². The largest absolute Gasteiger partial charge is 0.326 e. The van der Waals surface area contributed by atoms with Crippen LogP contribution in [0.5, 0.6) is 0 Å². The number of amides is 2. The van der Waals surface area contributed by atoms with Crippen molar-refractivity contribution in [1.82, 2.24) is 5.32 Å². The average molecular weight is 516 g/mol. The summed E-state index contributed by atoms with van der Waals surface area (Å²) in [5.41, 5.74) is 3.68. The summed E-state index contributed by atoms with van der Waals surface area (Å²) < 4.78 is 0. The van der Waals surface area contributed by atoms with E-state index in [2.05, 4.69) is 19.2 Å². The molecular weight excluding hydrogens is 490 g/mol. The van der Waals surface area contributed by atoms with Crippen LogP contribution < -0.4 is 10.2 Å². The number of para-hydroxylation sites is 1. The molecule has 0 saturated heterocycles. The number of anilines is 1. The summed E-state index contributed by atoms with van der Waals surface area (Å²) in [5.74, 6) is -0.500. The Morgan fingerprint density at radius 3 is 2.54 bits per heavy atom. The summed E-state index contributed by atoms with van der Waals surface area (Å²) in [7, 11) is 0. The molecule has 0 bridgehead atoms. The molecule has 1 aliphatic carbocycles. The van der Waals surface area contributed by atoms with Crippen molar-refractivity contribution in [3.05, 3.63) is 116 Å². The van der Waals surface area contributed by atoms with E-state index in [4.69, 9.17) is 11.6 Å². The first-order valence-corrected chi connectivity index (χ1v) is 12.4. The molecule has 8 heteroatoms. The molecular formula is C29H26ClN3O4. The molecule has 2 amide bonds. The zero-order valence-corrected chi connectivity index (χ0v) is 21.3. The number of carbonyl (C=O) groups excluding carboxylic acids is 2. The van der Waals surface area contributed by atoms with Crippen LogP contribution in [-0.4, -0.2) is 16.7 Å². The van der Waals surface area contributed by atoms with Gasteiger partial charge in [0, 0.05) is 22.9 Å². The van der Waals surface area contributed by atoms with E-state index in [-0.39, 0.29) is 29.3 Å². The predicted molar refractivity (Wildman–Crippen MR) is 142 cm³/mol. The lowest BCUT2D eigenvalue weighted by molar-refractivity contribution is -0.384. The van der Waals surface area contributed by atoms with E-state index in [0.717, 1.165) is 16.8 Å². The maximum Gasteiger partial charge on any atom is 0.269 e. The van der Waals surface area contributed by atoms with E-state index in [1.54, 1.807) is 59.5 Å². The van der Waals surface area contributed by atoms with Crippen LogP contribution >= 0.6 is 11.6 Å². The zero-order chi connectivity index (χ0) is 26.3. The van der Waals surface area contributed by atoms with Crippen molar-refractivity contribution in [3.63, 3.8) is 0 Å². The lowest BCUT2D eigenvalue weighted by atomic mass is 9.86. The highest BCUT2D eigenvalue weighted by Crippen LogP contribution is 2.49. The molecule has 1 aliphatic heterocycles. The third-order valence-corrected chi connectivity index (χ3v) is 7.16. The third-order valence-electron chi connectivity index (χ3n) is 6.91. The number of hydrogen-bond donors (Lipinski definition) is 1. The van der Waals surface area contributed by atoms with Crippen LogP contribution in [0.1, 0.15) is 54.2 Å². The maximum absolute atomic E-state index is 14.1. The van der Waals surface area contributed by atoms with Crippen molar-refractivity contribution in [2.24, 2.45) is 5.41 Å². The van der Waals surface area contributed by atoms with Crippen LogP contribution in [0.2, 0.25) is 5.02 Å². The van der Waals surface area contributed by atoms with E-state index in [1.807, 2.05) is 6.07 Å². The number of nitro groups is 1. The first-order chi connectivity index (χ1) is 17.6. The van der Waals surface area contributed by atoms with Crippen LogP contribution in [0.25, 0.3) is 0 Å². The molecule has 1 heterocycles. The smallest absolute Gasteiger partial charge is 0.269 e. The van der Waals surface area contributed by atoms with Gasteiger partial charge in [-0.2, -0.15) is 0 Å². The number of carbonyl (C=O) groups is 2. The molecule has 0 saturated carbocycles. The second-order valence-electron chi connectivity index (χ2n) is 10.3. The second-order valence-corrected chi connectivity index (χ2v) is 10.8. The maximum atomic E-state index is 14.1. The Balaban J connectivity index is 1.73. The fraction of sp³-hybridized carbons (Fsp3) is 0.241. The number of fused-ring (bicyclic) bond motifs is 1. The van der Waals surface area contributed by atoms with Gasteiger partial charge in [-0.05, 0) is 59.2 Å². The summed E-state index contributed by atoms with van der Waals surface area (Å²) in [6, 6.07) is 19.9. The minimum Gasteiger partial charge on any atom is -0.326 e. The standard InChI is InChI=1S/C29H26ClN3O4/c1-29(2)16-23-24(17-29)31-28(35)22-8-3-4-9-25(22)32(26(34)14-18-10-12-20(30)13-11-18)27(23)19-6-5-7-21(15-19)33(36)37/h3-13,15,27H,14,16-17H2,1-2H3,(H,31,35). The first kappa shape index (κ1) is 24.7. The average Bonchev–Trinajstić information content (AvgIpc) is 3.16. The molecule has 0 fully saturated rings. The van der Waals surface area contributed by atoms with E-state index < -0.39 is 11.0 Å². The number of rotatable bonds is 4. The fourth-order valence-electron chi connectivity index (χ4n) is 5.34. The summed E-state index contributed by atoms with van der Waals surface area (Å²) in [6.07, 6.45) is 1.33. The molecule has 37 heavy (non-hydrogen) atoms. The molecule has 0 aromatic heterocycles. The lowest BCUT2D eigenvalue weighted by Crippen LogP contribution is -2.41. The van der Waals surface area contributed by atoms with Gasteiger partial charge in [-0.3, -0.25) is 24.6 Å². The monoisotopic (exact) mass is 515 g/mol. The van der Waals surface area contributed by atoms with Crippen molar-refractivity contribution < 1.29 is 14.5 Å². The van der Waals surface area contributed by atoms with Gasteiger partial charge in [-0.1, -0.05) is 61.8 Å². The van der Waals surface area contributed by atoms with Crippen molar-refractivity contribution in [3.8, 4) is 0 Å². The van der Waals surface area contributed by atoms with Gasteiger partial charge in [0.15, 0.2) is 0 Å². The van der Waals surface area contributed by atoms with E-state index in [1.165, 1.54) is 12.1 Å². The van der Waals surface area contributed by atoms with Crippen molar-refractivity contribution in [2.45, 2.75) is 39.2 Å². The Bertz CT molecular complexity index is 1450. The van der Waals surface area contributed by atoms with Crippen LogP contribution in [0.3, 0.4) is 0 Å². The molecule has 3 aromatic carbocycles. The number of nitrogens with one attached hydrogen (secondary N) is 1. The van der Waals surface area contributed by atoms with Gasteiger partial charge < -0.3 is 5.32 Å². The van der Waals surface area contributed by atoms with E-state index in [0.29, 0.717) is 34.7 Å². The van der Waals surface area contributed by atoms with Gasteiger partial charge in [-0.15, -0.1) is 0 Å². The van der Waals surface area contributed by atoms with Crippen LogP contribution in [0, 0.1) is 15.5 Å². The number of halogens is 1. The number of hydrogen-bond acceptors (Lipinski definition) is 4. The predicted octanol–water partition coefficient (Wildman–Crippen LogP) is 6.38. The van der Waals surface area contributed by atoms with Crippen molar-refractivity contribution >= 4 is 34.8 Å². The molecule has 0 spiro atoms. The summed E-state index contributed by atoms with van der Waals surface area (Å²) in [5, 5.41) is 15.3. The molecule has 0 radical (unpaired) electrons. The van der Waals surface area contributed by atoms with Gasteiger partial charge in [0.05, 0.1) is 28.6 Å². The number of nitro benzene ring substituents is 1. The number of non-ortho nitro benzene ring substituents is 1.